The van der Waals surface area contributed by atoms with Gasteiger partial charge in [0.2, 0.25) is 10.0 Å². The molecule has 38 heavy (non-hydrogen) atoms. The first-order valence-corrected chi connectivity index (χ1v) is 15.2. The number of benzene rings is 2. The first-order chi connectivity index (χ1) is 18.1. The van der Waals surface area contributed by atoms with Crippen LogP contribution in [0.3, 0.4) is 0 Å². The van der Waals surface area contributed by atoms with Crippen molar-refractivity contribution in [3.8, 4) is 5.75 Å². The third-order valence-corrected chi connectivity index (χ3v) is 10.6. The molecule has 0 radical (unpaired) electrons. The standard InChI is InChI=1S/C29H33Cl2N3O3S/c1-4-37-26-16-15-24(38(35,36)34-17-5-6-18-34)19-25(26)27-32-28(2,20-7-11-22(30)12-8-20)29(3,33-27)21-9-13-23(31)14-10-21/h7-9,11-16,19,21H,4-6,10,17-18H2,1-3H3,(H,32,33)/t21?,28-,29+/m1/s1. The number of nitrogens with zero attached hydrogens (tertiary/aromatic N) is 2. The highest BCUT2D eigenvalue weighted by Gasteiger charge is 2.55. The Hall–Kier alpha value is -2.32. The van der Waals surface area contributed by atoms with Gasteiger partial charge in [0, 0.05) is 29.1 Å². The summed E-state index contributed by atoms with van der Waals surface area (Å²) in [5.41, 5.74) is 0.366. The fourth-order valence-corrected chi connectivity index (χ4v) is 7.52. The van der Waals surface area contributed by atoms with Gasteiger partial charge >= 0.3 is 0 Å². The van der Waals surface area contributed by atoms with Crippen LogP contribution in [0, 0.1) is 5.92 Å². The Morgan fingerprint density at radius 3 is 2.45 bits per heavy atom. The lowest BCUT2D eigenvalue weighted by Crippen LogP contribution is -2.57. The van der Waals surface area contributed by atoms with Gasteiger partial charge in [-0.05, 0) is 82.0 Å². The summed E-state index contributed by atoms with van der Waals surface area (Å²) in [6, 6.07) is 12.8. The average molecular weight is 575 g/mol. The van der Waals surface area contributed by atoms with Gasteiger partial charge in [-0.15, -0.1) is 0 Å². The number of ether oxygens (including phenoxy) is 1. The van der Waals surface area contributed by atoms with E-state index in [9.17, 15) is 8.42 Å². The van der Waals surface area contributed by atoms with Gasteiger partial charge in [-0.1, -0.05) is 47.5 Å². The van der Waals surface area contributed by atoms with Gasteiger partial charge in [-0.25, -0.2) is 8.42 Å². The Bertz CT molecular complexity index is 1420. The van der Waals surface area contributed by atoms with E-state index >= 15 is 0 Å². The maximum absolute atomic E-state index is 13.4. The van der Waals surface area contributed by atoms with Crippen molar-refractivity contribution < 1.29 is 13.2 Å². The van der Waals surface area contributed by atoms with Crippen LogP contribution in [0.5, 0.6) is 5.75 Å². The molecular weight excluding hydrogens is 541 g/mol. The number of halogens is 2. The smallest absolute Gasteiger partial charge is 0.243 e. The fourth-order valence-electron chi connectivity index (χ4n) is 5.69. The van der Waals surface area contributed by atoms with Crippen molar-refractivity contribution in [2.45, 2.75) is 56.0 Å². The van der Waals surface area contributed by atoms with Crippen molar-refractivity contribution >= 4 is 39.1 Å². The second-order valence-electron chi connectivity index (χ2n) is 10.4. The van der Waals surface area contributed by atoms with Crippen molar-refractivity contribution in [2.75, 3.05) is 19.7 Å². The van der Waals surface area contributed by atoms with Crippen molar-refractivity contribution in [1.82, 2.24) is 9.62 Å². The minimum absolute atomic E-state index is 0.0685. The van der Waals surface area contributed by atoms with Gasteiger partial charge in [-0.2, -0.15) is 4.31 Å². The maximum atomic E-state index is 13.4. The number of sulfonamides is 1. The predicted octanol–water partition coefficient (Wildman–Crippen LogP) is 6.25. The number of nitrogens with one attached hydrogen (secondary N) is 1. The van der Waals surface area contributed by atoms with E-state index in [0.717, 1.165) is 29.9 Å². The molecule has 1 N–H and O–H groups in total. The quantitative estimate of drug-likeness (QED) is 0.425. The number of rotatable bonds is 7. The maximum Gasteiger partial charge on any atom is 0.243 e. The molecule has 0 aromatic heterocycles. The summed E-state index contributed by atoms with van der Waals surface area (Å²) in [7, 11) is -3.62. The minimum atomic E-state index is -3.62. The lowest BCUT2D eigenvalue weighted by molar-refractivity contribution is 0.198. The third kappa shape index (κ3) is 4.68. The molecule has 3 aliphatic rings. The number of amidine groups is 1. The summed E-state index contributed by atoms with van der Waals surface area (Å²) in [6.45, 7) is 7.70. The first kappa shape index (κ1) is 27.3. The van der Waals surface area contributed by atoms with Gasteiger partial charge < -0.3 is 10.1 Å². The Balaban J connectivity index is 1.64. The molecule has 3 atom stereocenters. The number of hydrogen-bond donors (Lipinski definition) is 1. The van der Waals surface area contributed by atoms with Crippen LogP contribution in [0.25, 0.3) is 0 Å². The summed E-state index contributed by atoms with van der Waals surface area (Å²) in [5.74, 6) is 1.25. The second kappa shape index (κ2) is 10.3. The zero-order valence-electron chi connectivity index (χ0n) is 21.9. The third-order valence-electron chi connectivity index (χ3n) is 8.14. The normalized spacial score (nSPS) is 27.7. The molecule has 9 heteroatoms. The molecule has 2 heterocycles. The molecule has 2 aromatic rings. The van der Waals surface area contributed by atoms with E-state index < -0.39 is 21.1 Å². The van der Waals surface area contributed by atoms with Crippen LogP contribution in [0.4, 0.5) is 0 Å². The Kier molecular flexibility index (Phi) is 7.42. The van der Waals surface area contributed by atoms with Crippen LogP contribution in [0.2, 0.25) is 5.02 Å². The molecule has 1 fully saturated rings. The molecule has 1 unspecified atom stereocenters. The van der Waals surface area contributed by atoms with Crippen molar-refractivity contribution in [2.24, 2.45) is 10.9 Å². The van der Waals surface area contributed by atoms with E-state index in [4.69, 9.17) is 32.9 Å². The van der Waals surface area contributed by atoms with Gasteiger partial charge in [0.05, 0.1) is 22.6 Å². The topological polar surface area (TPSA) is 71.0 Å². The van der Waals surface area contributed by atoms with Crippen molar-refractivity contribution in [3.05, 3.63) is 81.9 Å². The van der Waals surface area contributed by atoms with Gasteiger partial charge in [0.15, 0.2) is 0 Å². The number of aliphatic imine (C=N–C) groups is 1. The van der Waals surface area contributed by atoms with E-state index in [-0.39, 0.29) is 10.8 Å². The summed E-state index contributed by atoms with van der Waals surface area (Å²) >= 11 is 12.5. The molecule has 6 nitrogen and oxygen atoms in total. The predicted molar refractivity (Wildman–Crippen MR) is 154 cm³/mol. The number of allylic oxidation sites excluding steroid dienone is 3. The molecule has 0 amide bonds. The molecule has 202 valence electrons. The average Bonchev–Trinajstić information content (AvgIpc) is 3.54. The minimum Gasteiger partial charge on any atom is -0.493 e. The largest absolute Gasteiger partial charge is 0.493 e. The van der Waals surface area contributed by atoms with E-state index in [0.29, 0.717) is 41.9 Å². The van der Waals surface area contributed by atoms with Crippen LogP contribution >= 0.6 is 23.2 Å². The molecule has 1 aliphatic carbocycles. The van der Waals surface area contributed by atoms with Crippen LogP contribution in [0.1, 0.15) is 51.2 Å². The Labute approximate surface area is 235 Å². The summed E-state index contributed by atoms with van der Waals surface area (Å²) in [6.07, 6.45) is 8.57. The molecule has 0 spiro atoms. The van der Waals surface area contributed by atoms with Crippen molar-refractivity contribution in [3.63, 3.8) is 0 Å². The molecule has 0 saturated carbocycles. The Morgan fingerprint density at radius 1 is 1.11 bits per heavy atom. The molecule has 1 saturated heterocycles. The number of hydrogen-bond acceptors (Lipinski definition) is 5. The zero-order chi connectivity index (χ0) is 27.1. The first-order valence-electron chi connectivity index (χ1n) is 13.0. The molecule has 0 bridgehead atoms. The lowest BCUT2D eigenvalue weighted by Gasteiger charge is -2.45. The highest BCUT2D eigenvalue weighted by atomic mass is 35.5. The van der Waals surface area contributed by atoms with Gasteiger partial charge in [0.1, 0.15) is 17.1 Å². The SMILES string of the molecule is CCOc1ccc(S(=O)(=O)N2CCCC2)cc1C1=N[C@](C)(c2ccc(Cl)cc2)[C@](C)(C2C=CC(Cl)=CC2)N1. The van der Waals surface area contributed by atoms with Crippen LogP contribution < -0.4 is 10.1 Å². The van der Waals surface area contributed by atoms with Crippen molar-refractivity contribution in [1.29, 1.82) is 0 Å². The van der Waals surface area contributed by atoms with Gasteiger partial charge in [0.25, 0.3) is 0 Å². The van der Waals surface area contributed by atoms with E-state index in [1.165, 1.54) is 0 Å². The van der Waals surface area contributed by atoms with Gasteiger partial charge in [-0.3, -0.25) is 4.99 Å². The highest BCUT2D eigenvalue weighted by molar-refractivity contribution is 7.89. The lowest BCUT2D eigenvalue weighted by atomic mass is 9.67. The Morgan fingerprint density at radius 2 is 1.82 bits per heavy atom. The zero-order valence-corrected chi connectivity index (χ0v) is 24.2. The molecule has 2 aromatic carbocycles. The summed E-state index contributed by atoms with van der Waals surface area (Å²) in [5, 5.41) is 5.09. The summed E-state index contributed by atoms with van der Waals surface area (Å²) < 4.78 is 34.4. The second-order valence-corrected chi connectivity index (χ2v) is 13.2. The monoisotopic (exact) mass is 573 g/mol. The fraction of sp³-hybridized carbons (Fsp3) is 0.414. The molecule has 5 rings (SSSR count). The van der Waals surface area contributed by atoms with Crippen LogP contribution in [-0.4, -0.2) is 43.8 Å². The van der Waals surface area contributed by atoms with Crippen LogP contribution in [-0.2, 0) is 15.6 Å². The van der Waals surface area contributed by atoms with E-state index in [1.807, 2.05) is 43.3 Å². The van der Waals surface area contributed by atoms with E-state index in [2.05, 4.69) is 25.2 Å². The molecule has 2 aliphatic heterocycles. The highest BCUT2D eigenvalue weighted by Crippen LogP contribution is 2.48. The van der Waals surface area contributed by atoms with Crippen LogP contribution in [0.15, 0.2) is 75.6 Å². The van der Waals surface area contributed by atoms with E-state index in [1.54, 1.807) is 22.5 Å². The molecular formula is C29H33Cl2N3O3S. The summed E-state index contributed by atoms with van der Waals surface area (Å²) in [4.78, 5) is 5.53.